The number of fused-ring (bicyclic) bond motifs is 4. The Morgan fingerprint density at radius 2 is 1.70 bits per heavy atom. The van der Waals surface area contributed by atoms with Crippen molar-refractivity contribution in [1.82, 2.24) is 10.3 Å². The molecule has 1 aromatic heterocycles. The van der Waals surface area contributed by atoms with Crippen molar-refractivity contribution < 1.29 is 9.53 Å². The van der Waals surface area contributed by atoms with Crippen LogP contribution < -0.4 is 5.32 Å². The number of rotatable bonds is 4. The summed E-state index contributed by atoms with van der Waals surface area (Å²) in [4.78, 5) is 16.7. The Balaban J connectivity index is 1.13. The molecule has 1 aliphatic carbocycles. The highest BCUT2D eigenvalue weighted by Crippen LogP contribution is 2.44. The average Bonchev–Trinajstić information content (AvgIpc) is 3.16. The number of hydrogen-bond donors (Lipinski definition) is 1. The molecule has 0 saturated heterocycles. The highest BCUT2D eigenvalue weighted by atomic mass is 16.5. The van der Waals surface area contributed by atoms with Crippen molar-refractivity contribution in [3.05, 3.63) is 101 Å². The van der Waals surface area contributed by atoms with Gasteiger partial charge in [-0.1, -0.05) is 66.4 Å². The summed E-state index contributed by atoms with van der Waals surface area (Å²) in [5.74, 6) is 6.33. The molecule has 1 N–H and O–H groups in total. The van der Waals surface area contributed by atoms with E-state index in [-0.39, 0.29) is 5.92 Å². The highest BCUT2D eigenvalue weighted by Gasteiger charge is 2.28. The summed E-state index contributed by atoms with van der Waals surface area (Å²) in [6.45, 7) is 2.74. The fourth-order valence-corrected chi connectivity index (χ4v) is 4.35. The van der Waals surface area contributed by atoms with Crippen LogP contribution in [0.4, 0.5) is 4.79 Å². The minimum Gasteiger partial charge on any atom is -0.449 e. The molecule has 0 atom stereocenters. The van der Waals surface area contributed by atoms with Crippen LogP contribution in [0.3, 0.4) is 0 Å². The lowest BCUT2D eigenvalue weighted by molar-refractivity contribution is 0.143. The monoisotopic (exact) mass is 432 g/mol. The molecule has 1 heterocycles. The molecule has 0 fully saturated rings. The lowest BCUT2D eigenvalue weighted by Crippen LogP contribution is -2.26. The summed E-state index contributed by atoms with van der Waals surface area (Å²) in [6, 6.07) is 26.7. The first-order valence-electron chi connectivity index (χ1n) is 11.1. The number of hydrogen-bond acceptors (Lipinski definition) is 3. The molecule has 5 rings (SSSR count). The van der Waals surface area contributed by atoms with E-state index in [1.165, 1.54) is 22.3 Å². The third-order valence-electron chi connectivity index (χ3n) is 5.92. The normalized spacial score (nSPS) is 11.9. The molecular weight excluding hydrogens is 408 g/mol. The number of benzene rings is 3. The Bertz CT molecular complexity index is 1350. The van der Waals surface area contributed by atoms with Crippen LogP contribution in [0.2, 0.25) is 0 Å². The number of amides is 1. The molecule has 0 saturated carbocycles. The number of aromatic nitrogens is 1. The zero-order valence-corrected chi connectivity index (χ0v) is 18.5. The summed E-state index contributed by atoms with van der Waals surface area (Å²) < 4.78 is 5.56. The highest BCUT2D eigenvalue weighted by molar-refractivity contribution is 5.80. The van der Waals surface area contributed by atoms with Crippen LogP contribution >= 0.6 is 0 Å². The van der Waals surface area contributed by atoms with E-state index < -0.39 is 6.09 Å². The van der Waals surface area contributed by atoms with Crippen LogP contribution in [0, 0.1) is 18.8 Å². The zero-order chi connectivity index (χ0) is 22.6. The third kappa shape index (κ3) is 4.44. The Kier molecular flexibility index (Phi) is 5.78. The molecule has 4 heteroatoms. The summed E-state index contributed by atoms with van der Waals surface area (Å²) in [7, 11) is 0. The van der Waals surface area contributed by atoms with E-state index in [1.807, 2.05) is 55.5 Å². The average molecular weight is 433 g/mol. The number of nitrogens with one attached hydrogen (secondary N) is 1. The molecule has 4 nitrogen and oxygen atoms in total. The van der Waals surface area contributed by atoms with Crippen LogP contribution in [0.25, 0.3) is 22.0 Å². The van der Waals surface area contributed by atoms with Gasteiger partial charge in [-0.05, 0) is 53.4 Å². The Hall–Kier alpha value is -4.10. The number of alkyl carbamates (subject to hydrolysis) is 1. The molecule has 3 aromatic carbocycles. The molecule has 1 amide bonds. The van der Waals surface area contributed by atoms with Gasteiger partial charge in [-0.15, -0.1) is 0 Å². The number of pyridine rings is 1. The van der Waals surface area contributed by atoms with Gasteiger partial charge in [-0.2, -0.15) is 0 Å². The van der Waals surface area contributed by atoms with Gasteiger partial charge in [0, 0.05) is 35.5 Å². The van der Waals surface area contributed by atoms with E-state index in [4.69, 9.17) is 4.74 Å². The molecular formula is C29H24N2O2. The maximum absolute atomic E-state index is 12.2. The minimum atomic E-state index is -0.411. The first-order chi connectivity index (χ1) is 16.2. The quantitative estimate of drug-likeness (QED) is 0.326. The second-order valence-electron chi connectivity index (χ2n) is 8.16. The molecule has 0 radical (unpaired) electrons. The zero-order valence-electron chi connectivity index (χ0n) is 18.5. The van der Waals surface area contributed by atoms with Gasteiger partial charge in [-0.25, -0.2) is 4.79 Å². The number of nitrogens with zero attached hydrogens (tertiary/aromatic N) is 1. The van der Waals surface area contributed by atoms with Gasteiger partial charge in [0.1, 0.15) is 6.61 Å². The first kappa shape index (κ1) is 20.8. The lowest BCUT2D eigenvalue weighted by atomic mass is 9.98. The summed E-state index contributed by atoms with van der Waals surface area (Å²) in [5, 5.41) is 3.88. The Labute approximate surface area is 193 Å². The van der Waals surface area contributed by atoms with Gasteiger partial charge in [0.05, 0.1) is 5.52 Å². The predicted molar refractivity (Wildman–Crippen MR) is 131 cm³/mol. The number of carbonyl (C=O) groups is 1. The third-order valence-corrected chi connectivity index (χ3v) is 5.92. The van der Waals surface area contributed by atoms with Crippen LogP contribution in [0.5, 0.6) is 0 Å². The van der Waals surface area contributed by atoms with E-state index in [0.717, 1.165) is 22.2 Å². The van der Waals surface area contributed by atoms with E-state index in [0.29, 0.717) is 19.6 Å². The molecule has 162 valence electrons. The van der Waals surface area contributed by atoms with Crippen molar-refractivity contribution in [1.29, 1.82) is 0 Å². The van der Waals surface area contributed by atoms with Crippen LogP contribution in [-0.2, 0) is 4.74 Å². The summed E-state index contributed by atoms with van der Waals surface area (Å²) >= 11 is 0. The lowest BCUT2D eigenvalue weighted by Gasteiger charge is -2.14. The second-order valence-corrected chi connectivity index (χ2v) is 8.16. The van der Waals surface area contributed by atoms with Gasteiger partial charge in [0.25, 0.3) is 0 Å². The number of ether oxygens (including phenoxy) is 1. The molecule has 0 unspecified atom stereocenters. The fourth-order valence-electron chi connectivity index (χ4n) is 4.35. The minimum absolute atomic E-state index is 0.0640. The van der Waals surface area contributed by atoms with Crippen molar-refractivity contribution >= 4 is 17.0 Å². The van der Waals surface area contributed by atoms with E-state index in [1.54, 1.807) is 0 Å². The van der Waals surface area contributed by atoms with Crippen molar-refractivity contribution in [2.45, 2.75) is 19.3 Å². The smallest absolute Gasteiger partial charge is 0.407 e. The van der Waals surface area contributed by atoms with Gasteiger partial charge >= 0.3 is 6.09 Å². The molecule has 0 aliphatic heterocycles. The molecule has 0 spiro atoms. The van der Waals surface area contributed by atoms with E-state index >= 15 is 0 Å². The van der Waals surface area contributed by atoms with Crippen molar-refractivity contribution in [3.8, 4) is 23.0 Å². The Morgan fingerprint density at radius 3 is 2.45 bits per heavy atom. The van der Waals surface area contributed by atoms with Crippen molar-refractivity contribution in [2.75, 3.05) is 13.2 Å². The SMILES string of the molecule is Cc1ccc2cc(C#CCCNC(=O)OCC3c4ccccc4-c4ccccc43)ccc2n1. The van der Waals surface area contributed by atoms with Crippen LogP contribution in [0.15, 0.2) is 78.9 Å². The largest absolute Gasteiger partial charge is 0.449 e. The van der Waals surface area contributed by atoms with Gasteiger partial charge in [-0.3, -0.25) is 4.98 Å². The maximum atomic E-state index is 12.2. The van der Waals surface area contributed by atoms with Gasteiger partial charge in [0.2, 0.25) is 0 Å². The summed E-state index contributed by atoms with van der Waals surface area (Å²) in [6.07, 6.45) is 0.139. The van der Waals surface area contributed by atoms with Crippen LogP contribution in [0.1, 0.15) is 34.7 Å². The second kappa shape index (κ2) is 9.18. The molecule has 0 bridgehead atoms. The topological polar surface area (TPSA) is 51.2 Å². The fraction of sp³-hybridized carbons (Fsp3) is 0.172. The molecule has 4 aromatic rings. The maximum Gasteiger partial charge on any atom is 0.407 e. The first-order valence-corrected chi connectivity index (χ1v) is 11.1. The molecule has 1 aliphatic rings. The van der Waals surface area contributed by atoms with Crippen LogP contribution in [-0.4, -0.2) is 24.2 Å². The predicted octanol–water partition coefficient (Wildman–Crippen LogP) is 5.82. The standard InChI is InChI=1S/C29H24N2O2/c1-20-13-15-22-18-21(14-16-28(22)31-20)8-6-7-17-30-29(32)33-19-27-25-11-4-2-9-23(25)24-10-3-5-12-26(24)27/h2-5,9-16,18,27H,7,17,19H2,1H3,(H,30,32). The number of aryl methyl sites for hydroxylation is 1. The van der Waals surface area contributed by atoms with Gasteiger partial charge in [0.15, 0.2) is 0 Å². The molecule has 33 heavy (non-hydrogen) atoms. The van der Waals surface area contributed by atoms with E-state index in [9.17, 15) is 4.79 Å². The summed E-state index contributed by atoms with van der Waals surface area (Å²) in [5.41, 5.74) is 7.76. The van der Waals surface area contributed by atoms with Gasteiger partial charge < -0.3 is 10.1 Å². The van der Waals surface area contributed by atoms with E-state index in [2.05, 4.69) is 52.5 Å². The number of carbonyl (C=O) groups excluding carboxylic acids is 1. The van der Waals surface area contributed by atoms with Crippen molar-refractivity contribution in [3.63, 3.8) is 0 Å². The van der Waals surface area contributed by atoms with Crippen molar-refractivity contribution in [2.24, 2.45) is 0 Å². The Morgan fingerprint density at radius 1 is 0.970 bits per heavy atom.